The first-order valence-electron chi connectivity index (χ1n) is 4.50. The number of carboxylic acid groups (broad SMARTS) is 1. The Hall–Kier alpha value is -0.0700. The molecule has 1 aromatic rings. The predicted octanol–water partition coefficient (Wildman–Crippen LogP) is 4.22. The minimum atomic E-state index is -0.808. The highest BCUT2D eigenvalue weighted by molar-refractivity contribution is 9.11. The third-order valence-corrected chi connectivity index (χ3v) is 3.38. The molecule has 0 spiro atoms. The molecule has 0 unspecified atom stereocenters. The molecule has 0 radical (unpaired) electrons. The molecule has 0 fully saturated rings. The van der Waals surface area contributed by atoms with E-state index in [0.29, 0.717) is 18.8 Å². The quantitative estimate of drug-likeness (QED) is 0.731. The summed E-state index contributed by atoms with van der Waals surface area (Å²) in [6, 6.07) is 3.74. The maximum Gasteiger partial charge on any atom is 0.303 e. The normalized spacial score (nSPS) is 10.2. The number of aliphatic carboxylic acids is 1. The average Bonchev–Trinajstić information content (AvgIpc) is 2.14. The molecule has 0 amide bonds. The van der Waals surface area contributed by atoms with Gasteiger partial charge in [-0.15, -0.1) is 0 Å². The van der Waals surface area contributed by atoms with Crippen LogP contribution in [-0.4, -0.2) is 17.7 Å². The second-order valence-corrected chi connectivity index (χ2v) is 5.67. The van der Waals surface area contributed by atoms with Crippen molar-refractivity contribution in [1.29, 1.82) is 0 Å². The number of hydrogen-bond acceptors (Lipinski definition) is 2. The Labute approximate surface area is 119 Å². The van der Waals surface area contributed by atoms with Crippen molar-refractivity contribution in [2.75, 3.05) is 6.61 Å². The van der Waals surface area contributed by atoms with Gasteiger partial charge in [0.05, 0.1) is 15.6 Å². The molecule has 0 atom stereocenters. The number of rotatable bonds is 5. The summed E-state index contributed by atoms with van der Waals surface area (Å²) in [5.41, 5.74) is 0. The van der Waals surface area contributed by atoms with Gasteiger partial charge < -0.3 is 9.84 Å². The van der Waals surface area contributed by atoms with E-state index in [4.69, 9.17) is 9.84 Å². The highest BCUT2D eigenvalue weighted by Crippen LogP contribution is 2.36. The smallest absolute Gasteiger partial charge is 0.303 e. The molecule has 0 saturated heterocycles. The van der Waals surface area contributed by atoms with Crippen LogP contribution in [0.5, 0.6) is 5.75 Å². The fraction of sp³-hybridized carbons (Fsp3) is 0.300. The van der Waals surface area contributed by atoms with Crippen molar-refractivity contribution in [3.05, 3.63) is 25.6 Å². The highest BCUT2D eigenvalue weighted by Gasteiger charge is 2.08. The number of carboxylic acids is 1. The van der Waals surface area contributed by atoms with Crippen molar-refractivity contribution in [2.45, 2.75) is 12.8 Å². The Morgan fingerprint density at radius 1 is 1.25 bits per heavy atom. The lowest BCUT2D eigenvalue weighted by Crippen LogP contribution is -2.02. The standard InChI is InChI=1S/C10H9Br3O3/c11-6-4-7(12)10(8(13)5-6)16-3-1-2-9(14)15/h4-5H,1-3H2,(H,14,15). The zero-order chi connectivity index (χ0) is 12.1. The number of benzene rings is 1. The minimum absolute atomic E-state index is 0.117. The molecule has 0 aliphatic carbocycles. The van der Waals surface area contributed by atoms with E-state index in [0.717, 1.165) is 13.4 Å². The Morgan fingerprint density at radius 2 is 1.81 bits per heavy atom. The van der Waals surface area contributed by atoms with Crippen molar-refractivity contribution < 1.29 is 14.6 Å². The number of halogens is 3. The molecule has 1 rings (SSSR count). The van der Waals surface area contributed by atoms with Gasteiger partial charge >= 0.3 is 5.97 Å². The predicted molar refractivity (Wildman–Crippen MR) is 71.9 cm³/mol. The third-order valence-electron chi connectivity index (χ3n) is 1.74. The van der Waals surface area contributed by atoms with Gasteiger partial charge in [-0.1, -0.05) is 15.9 Å². The Kier molecular flexibility index (Phi) is 5.78. The van der Waals surface area contributed by atoms with Gasteiger partial charge in [0.1, 0.15) is 5.75 Å². The molecule has 1 aromatic carbocycles. The number of ether oxygens (including phenoxy) is 1. The fourth-order valence-electron chi connectivity index (χ4n) is 1.06. The van der Waals surface area contributed by atoms with Crippen LogP contribution in [0.4, 0.5) is 0 Å². The molecule has 16 heavy (non-hydrogen) atoms. The maximum absolute atomic E-state index is 10.3. The lowest BCUT2D eigenvalue weighted by molar-refractivity contribution is -0.137. The molecule has 0 aliphatic rings. The molecule has 0 heterocycles. The van der Waals surface area contributed by atoms with E-state index in [-0.39, 0.29) is 6.42 Å². The van der Waals surface area contributed by atoms with Crippen molar-refractivity contribution >= 4 is 53.8 Å². The van der Waals surface area contributed by atoms with Gasteiger partial charge in [0.2, 0.25) is 0 Å². The second kappa shape index (κ2) is 6.61. The molecular formula is C10H9Br3O3. The van der Waals surface area contributed by atoms with Gasteiger partial charge in [-0.25, -0.2) is 0 Å². The summed E-state index contributed by atoms with van der Waals surface area (Å²) in [5.74, 6) is -0.119. The second-order valence-electron chi connectivity index (χ2n) is 3.04. The van der Waals surface area contributed by atoms with E-state index in [1.807, 2.05) is 12.1 Å². The summed E-state index contributed by atoms with van der Waals surface area (Å²) in [5, 5.41) is 8.48. The van der Waals surface area contributed by atoms with Gasteiger partial charge in [-0.05, 0) is 50.4 Å². The summed E-state index contributed by atoms with van der Waals surface area (Å²) in [6.07, 6.45) is 0.607. The third kappa shape index (κ3) is 4.43. The van der Waals surface area contributed by atoms with Gasteiger partial charge in [0.25, 0.3) is 0 Å². The van der Waals surface area contributed by atoms with Crippen LogP contribution in [-0.2, 0) is 4.79 Å². The van der Waals surface area contributed by atoms with Crippen LogP contribution in [0.15, 0.2) is 25.6 Å². The first-order chi connectivity index (χ1) is 7.50. The molecule has 0 aromatic heterocycles. The lowest BCUT2D eigenvalue weighted by Gasteiger charge is -2.10. The first-order valence-corrected chi connectivity index (χ1v) is 6.87. The molecule has 3 nitrogen and oxygen atoms in total. The molecule has 0 aliphatic heterocycles. The first kappa shape index (κ1) is 14.0. The van der Waals surface area contributed by atoms with Crippen molar-refractivity contribution in [2.24, 2.45) is 0 Å². The van der Waals surface area contributed by atoms with E-state index in [2.05, 4.69) is 47.8 Å². The van der Waals surface area contributed by atoms with Crippen LogP contribution in [0.25, 0.3) is 0 Å². The van der Waals surface area contributed by atoms with E-state index in [9.17, 15) is 4.79 Å². The SMILES string of the molecule is O=C(O)CCCOc1c(Br)cc(Br)cc1Br. The minimum Gasteiger partial charge on any atom is -0.491 e. The van der Waals surface area contributed by atoms with Crippen LogP contribution in [0, 0.1) is 0 Å². The zero-order valence-electron chi connectivity index (χ0n) is 8.17. The number of carbonyl (C=O) groups is 1. The van der Waals surface area contributed by atoms with Crippen molar-refractivity contribution in [3.8, 4) is 5.75 Å². The molecule has 0 bridgehead atoms. The van der Waals surface area contributed by atoms with Crippen LogP contribution >= 0.6 is 47.8 Å². The maximum atomic E-state index is 10.3. The Morgan fingerprint density at radius 3 is 2.31 bits per heavy atom. The molecular weight excluding hydrogens is 408 g/mol. The summed E-state index contributed by atoms with van der Waals surface area (Å²) < 4.78 is 8.08. The van der Waals surface area contributed by atoms with Crippen LogP contribution in [0.1, 0.15) is 12.8 Å². The topological polar surface area (TPSA) is 46.5 Å². The lowest BCUT2D eigenvalue weighted by atomic mass is 10.3. The largest absolute Gasteiger partial charge is 0.491 e. The monoisotopic (exact) mass is 414 g/mol. The summed E-state index contributed by atoms with van der Waals surface area (Å²) in [6.45, 7) is 0.380. The molecule has 88 valence electrons. The molecule has 6 heteroatoms. The van der Waals surface area contributed by atoms with Crippen LogP contribution < -0.4 is 4.74 Å². The Balaban J connectivity index is 2.57. The van der Waals surface area contributed by atoms with Crippen molar-refractivity contribution in [3.63, 3.8) is 0 Å². The van der Waals surface area contributed by atoms with Crippen LogP contribution in [0.2, 0.25) is 0 Å². The summed E-state index contributed by atoms with van der Waals surface area (Å²) in [7, 11) is 0. The summed E-state index contributed by atoms with van der Waals surface area (Å²) >= 11 is 10.1. The van der Waals surface area contributed by atoms with Gasteiger partial charge in [-0.3, -0.25) is 4.79 Å². The van der Waals surface area contributed by atoms with E-state index >= 15 is 0 Å². The fourth-order valence-corrected chi connectivity index (χ4v) is 3.55. The highest BCUT2D eigenvalue weighted by atomic mass is 79.9. The van der Waals surface area contributed by atoms with Gasteiger partial charge in [0.15, 0.2) is 0 Å². The van der Waals surface area contributed by atoms with Crippen LogP contribution in [0.3, 0.4) is 0 Å². The van der Waals surface area contributed by atoms with Crippen molar-refractivity contribution in [1.82, 2.24) is 0 Å². The van der Waals surface area contributed by atoms with Gasteiger partial charge in [0, 0.05) is 10.9 Å². The zero-order valence-corrected chi connectivity index (χ0v) is 12.9. The molecule has 1 N–H and O–H groups in total. The molecule has 0 saturated carbocycles. The van der Waals surface area contributed by atoms with Gasteiger partial charge in [-0.2, -0.15) is 0 Å². The Bertz CT molecular complexity index is 370. The van der Waals surface area contributed by atoms with E-state index < -0.39 is 5.97 Å². The number of hydrogen-bond donors (Lipinski definition) is 1. The average molecular weight is 417 g/mol. The van der Waals surface area contributed by atoms with E-state index in [1.165, 1.54) is 0 Å². The van der Waals surface area contributed by atoms with E-state index in [1.54, 1.807) is 0 Å². The summed E-state index contributed by atoms with van der Waals surface area (Å²) in [4.78, 5) is 10.3.